The third kappa shape index (κ3) is 11.3. The molecule has 0 radical (unpaired) electrons. The molecule has 4 amide bonds. The number of β-amino-alcohol motifs (C(OH)–C–C–N with tert-alkyl or cyclic N) is 1. The van der Waals surface area contributed by atoms with E-state index in [-0.39, 0.29) is 43.5 Å². The average molecular weight is 1020 g/mol. The number of nitrogens with one attached hydrogen (secondary N) is 2. The maximum absolute atomic E-state index is 14.0. The number of aliphatic hydroxyl groups is 1. The Labute approximate surface area is 426 Å². The normalized spacial score (nSPS) is 17.9. The molecule has 3 heterocycles. The van der Waals surface area contributed by atoms with Crippen LogP contribution >= 0.6 is 12.2 Å². The van der Waals surface area contributed by atoms with E-state index in [2.05, 4.69) is 15.6 Å². The molecule has 2 aliphatic heterocycles. The lowest BCUT2D eigenvalue weighted by atomic mass is 9.75. The fraction of sp³-hybridized carbons (Fsp3) is 0.389. The number of benzene rings is 4. The summed E-state index contributed by atoms with van der Waals surface area (Å²) in [5.41, 5.74) is 1.41. The van der Waals surface area contributed by atoms with Gasteiger partial charge >= 0.3 is 6.18 Å². The van der Waals surface area contributed by atoms with Crippen LogP contribution in [0.15, 0.2) is 102 Å². The molecule has 1 spiro atoms. The van der Waals surface area contributed by atoms with Crippen molar-refractivity contribution in [1.82, 2.24) is 20.5 Å². The van der Waals surface area contributed by atoms with Gasteiger partial charge in [-0.2, -0.15) is 18.4 Å². The molecule has 8 rings (SSSR count). The van der Waals surface area contributed by atoms with Crippen LogP contribution in [0.1, 0.15) is 81.7 Å². The van der Waals surface area contributed by atoms with Crippen molar-refractivity contribution >= 4 is 52.3 Å². The maximum Gasteiger partial charge on any atom is 0.417 e. The first-order valence-corrected chi connectivity index (χ1v) is 24.5. The average Bonchev–Trinajstić information content (AvgIpc) is 4.04. The Bertz CT molecular complexity index is 2890. The molecule has 5 aromatic rings. The highest BCUT2D eigenvalue weighted by Crippen LogP contribution is 2.48. The first kappa shape index (κ1) is 52.2. The number of carbonyl (C=O) groups is 4. The number of likely N-dealkylation sites (tertiary alicyclic amines) is 1. The van der Waals surface area contributed by atoms with Gasteiger partial charge in [-0.15, -0.1) is 0 Å². The van der Waals surface area contributed by atoms with Crippen molar-refractivity contribution in [2.24, 2.45) is 5.41 Å². The van der Waals surface area contributed by atoms with Crippen LogP contribution < -0.4 is 25.2 Å². The van der Waals surface area contributed by atoms with Gasteiger partial charge in [-0.1, -0.05) is 69.3 Å². The number of halogens is 3. The summed E-state index contributed by atoms with van der Waals surface area (Å²) < 4.78 is 58.6. The number of oxazole rings is 1. The van der Waals surface area contributed by atoms with Gasteiger partial charge in [-0.05, 0) is 116 Å². The van der Waals surface area contributed by atoms with Crippen LogP contribution in [0.2, 0.25) is 0 Å². The second-order valence-electron chi connectivity index (χ2n) is 19.6. The smallest absolute Gasteiger partial charge is 0.417 e. The Kier molecular flexibility index (Phi) is 15.4. The van der Waals surface area contributed by atoms with Crippen molar-refractivity contribution in [3.8, 4) is 34.3 Å². The van der Waals surface area contributed by atoms with Gasteiger partial charge in [-0.3, -0.25) is 24.1 Å². The molecular formula is C54H56F3N7O8S. The number of aryl methyl sites for hydroxylation is 1. The fourth-order valence-corrected chi connectivity index (χ4v) is 9.87. The Morgan fingerprint density at radius 1 is 0.945 bits per heavy atom. The number of amides is 4. The summed E-state index contributed by atoms with van der Waals surface area (Å²) in [4.78, 5) is 62.8. The minimum Gasteiger partial charge on any atom is -0.494 e. The second-order valence-corrected chi connectivity index (χ2v) is 20.0. The zero-order valence-corrected chi connectivity index (χ0v) is 41.6. The van der Waals surface area contributed by atoms with Gasteiger partial charge in [0.2, 0.25) is 17.7 Å². The molecule has 3 aliphatic rings. The van der Waals surface area contributed by atoms with Gasteiger partial charge in [0.25, 0.3) is 5.91 Å². The molecule has 0 unspecified atom stereocenters. The molecule has 2 saturated heterocycles. The molecule has 1 aromatic heterocycles. The number of aromatic nitrogens is 1. The molecule has 3 atom stereocenters. The number of unbranched alkanes of at least 4 members (excludes halogenated alkanes) is 1. The van der Waals surface area contributed by atoms with Crippen LogP contribution in [-0.2, 0) is 36.6 Å². The molecule has 382 valence electrons. The van der Waals surface area contributed by atoms with Crippen molar-refractivity contribution in [3.63, 3.8) is 0 Å². The number of anilines is 2. The van der Waals surface area contributed by atoms with Gasteiger partial charge in [-0.25, -0.2) is 4.98 Å². The predicted octanol–water partition coefficient (Wildman–Crippen LogP) is 8.25. The maximum atomic E-state index is 14.0. The number of rotatable bonds is 17. The molecule has 1 aliphatic carbocycles. The van der Waals surface area contributed by atoms with E-state index in [9.17, 15) is 42.7 Å². The quantitative estimate of drug-likeness (QED) is 0.0598. The Morgan fingerprint density at radius 3 is 2.19 bits per heavy atom. The zero-order valence-electron chi connectivity index (χ0n) is 40.8. The fourth-order valence-electron chi connectivity index (χ4n) is 9.40. The summed E-state index contributed by atoms with van der Waals surface area (Å²) in [6.45, 7) is 7.84. The molecule has 3 N–H and O–H groups in total. The van der Waals surface area contributed by atoms with Crippen molar-refractivity contribution in [2.75, 3.05) is 36.2 Å². The zero-order chi connectivity index (χ0) is 52.2. The standard InChI is InChI=1S/C54H56F3N7O8S/c1-33-46(72-32-60-33)37-10-8-34(9-11-37)29-59-48(67)44-27-41(65)30-62(44)49(68)47(52(2,3)4)61-45(66)31-70-24-5-6-25-71-42-20-15-36(16-21-42)35-12-17-39(18-13-35)64-51(73)63(50(69)53(64)22-7-23-53)40-19-14-38(28-58)43(26-40)54(55,56)57/h8-21,26,32,41,44,47,65H,5-7,22-25,27,29-31H2,1-4H3,(H,59,67)(H,61,66)/t41-,44+,47-/m1/s1. The summed E-state index contributed by atoms with van der Waals surface area (Å²) in [6, 6.07) is 25.3. The third-order valence-electron chi connectivity index (χ3n) is 13.5. The van der Waals surface area contributed by atoms with Gasteiger partial charge in [0, 0.05) is 37.4 Å². The van der Waals surface area contributed by atoms with E-state index in [4.69, 9.17) is 26.1 Å². The lowest BCUT2D eigenvalue weighted by Crippen LogP contribution is -2.58. The van der Waals surface area contributed by atoms with Crippen LogP contribution in [0.3, 0.4) is 0 Å². The summed E-state index contributed by atoms with van der Waals surface area (Å²) >= 11 is 5.77. The number of thiocarbonyl (C=S) groups is 1. The van der Waals surface area contributed by atoms with Crippen LogP contribution in [0.25, 0.3) is 22.5 Å². The summed E-state index contributed by atoms with van der Waals surface area (Å²) in [5.74, 6) is -0.446. The highest BCUT2D eigenvalue weighted by atomic mass is 32.1. The van der Waals surface area contributed by atoms with E-state index >= 15 is 0 Å². The molecular weight excluding hydrogens is 964 g/mol. The van der Waals surface area contributed by atoms with Gasteiger partial charge in [0.05, 0.1) is 41.3 Å². The van der Waals surface area contributed by atoms with Crippen molar-refractivity contribution in [2.45, 2.75) is 103 Å². The van der Waals surface area contributed by atoms with Crippen LogP contribution in [-0.4, -0.2) is 93.8 Å². The lowest BCUT2D eigenvalue weighted by Gasteiger charge is -2.43. The molecule has 73 heavy (non-hydrogen) atoms. The third-order valence-corrected chi connectivity index (χ3v) is 13.9. The van der Waals surface area contributed by atoms with Crippen molar-refractivity contribution < 1.29 is 51.3 Å². The van der Waals surface area contributed by atoms with Gasteiger partial charge in [0.1, 0.15) is 30.0 Å². The number of alkyl halides is 3. The molecule has 1 saturated carbocycles. The van der Waals surface area contributed by atoms with Crippen molar-refractivity contribution in [1.29, 1.82) is 5.26 Å². The predicted molar refractivity (Wildman–Crippen MR) is 269 cm³/mol. The first-order valence-electron chi connectivity index (χ1n) is 24.1. The largest absolute Gasteiger partial charge is 0.494 e. The molecule has 19 heteroatoms. The monoisotopic (exact) mass is 1020 g/mol. The lowest BCUT2D eigenvalue weighted by molar-refractivity contribution is -0.144. The molecule has 4 aromatic carbocycles. The molecule has 15 nitrogen and oxygen atoms in total. The number of carbonyl (C=O) groups excluding carboxylic acids is 4. The SMILES string of the molecule is Cc1ncoc1-c1ccc(CNC(=O)[C@@H]2C[C@@H](O)CN2C(=O)[C@@H](NC(=O)COCCCCOc2ccc(-c3ccc(N4C(=S)N(c5ccc(C#N)c(C(F)(F)F)c5)C(=O)C45CCC5)cc3)cc2)C(C)(C)C)cc1. The number of nitriles is 1. The number of aliphatic hydroxyl groups excluding tert-OH is 1. The first-order chi connectivity index (χ1) is 34.8. The number of hydrogen-bond acceptors (Lipinski definition) is 11. The van der Waals surface area contributed by atoms with E-state index in [1.165, 1.54) is 17.4 Å². The molecule has 3 fully saturated rings. The summed E-state index contributed by atoms with van der Waals surface area (Å²) in [5, 5.41) is 25.6. The highest BCUT2D eigenvalue weighted by molar-refractivity contribution is 7.81. The highest BCUT2D eigenvalue weighted by Gasteiger charge is 2.59. The van der Waals surface area contributed by atoms with E-state index in [0.29, 0.717) is 49.5 Å². The topological polar surface area (TPSA) is 191 Å². The Morgan fingerprint density at radius 2 is 1.59 bits per heavy atom. The van der Waals surface area contributed by atoms with E-state index in [1.807, 2.05) is 100 Å². The molecule has 0 bridgehead atoms. The summed E-state index contributed by atoms with van der Waals surface area (Å²) in [7, 11) is 0. The van der Waals surface area contributed by atoms with Gasteiger partial charge < -0.3 is 39.4 Å². The number of nitrogens with zero attached hydrogens (tertiary/aromatic N) is 5. The second kappa shape index (κ2) is 21.5. The Hall–Kier alpha value is -7.14. The number of hydrogen-bond donors (Lipinski definition) is 3. The van der Waals surface area contributed by atoms with Gasteiger partial charge in [0.15, 0.2) is 17.3 Å². The van der Waals surface area contributed by atoms with Crippen LogP contribution in [0.5, 0.6) is 5.75 Å². The van der Waals surface area contributed by atoms with E-state index in [1.54, 1.807) is 11.0 Å². The number of ether oxygens (including phenoxy) is 2. The minimum absolute atomic E-state index is 0.0421. The van der Waals surface area contributed by atoms with Crippen LogP contribution in [0.4, 0.5) is 24.5 Å². The van der Waals surface area contributed by atoms with E-state index in [0.717, 1.165) is 51.4 Å². The van der Waals surface area contributed by atoms with Crippen LogP contribution in [0, 0.1) is 23.7 Å². The van der Waals surface area contributed by atoms with E-state index < -0.39 is 70.1 Å². The summed E-state index contributed by atoms with van der Waals surface area (Å²) in [6.07, 6.45) is -1.28. The Balaban J connectivity index is 0.773. The van der Waals surface area contributed by atoms with Crippen molar-refractivity contribution in [3.05, 3.63) is 120 Å². The minimum atomic E-state index is -4.79.